The molecule has 1 amide bonds. The maximum Gasteiger partial charge on any atom is 0.416 e. The van der Waals surface area contributed by atoms with Crippen molar-refractivity contribution in [2.75, 3.05) is 13.1 Å². The number of hydrogen-bond acceptors (Lipinski definition) is 3. The van der Waals surface area contributed by atoms with Gasteiger partial charge in [-0.25, -0.2) is 0 Å². The van der Waals surface area contributed by atoms with Gasteiger partial charge in [0, 0.05) is 25.9 Å². The quantitative estimate of drug-likeness (QED) is 0.863. The minimum absolute atomic E-state index is 0.125. The molecule has 0 bridgehead atoms. The van der Waals surface area contributed by atoms with Gasteiger partial charge in [0.25, 0.3) is 0 Å². The van der Waals surface area contributed by atoms with Gasteiger partial charge in [-0.1, -0.05) is 25.5 Å². The average molecular weight is 370 g/mol. The summed E-state index contributed by atoms with van der Waals surface area (Å²) in [7, 11) is 0. The second-order valence-corrected chi connectivity index (χ2v) is 7.26. The van der Waals surface area contributed by atoms with E-state index in [9.17, 15) is 18.0 Å². The summed E-state index contributed by atoms with van der Waals surface area (Å²) in [6.07, 6.45) is 0.381. The number of hydrogen-bond donors (Lipinski definition) is 1. The summed E-state index contributed by atoms with van der Waals surface area (Å²) in [6, 6.07) is 5.10. The van der Waals surface area contributed by atoms with Gasteiger partial charge in [0.15, 0.2) is 0 Å². The molecular formula is C19H25F3N2O2. The molecule has 1 N–H and O–H groups in total. The van der Waals surface area contributed by atoms with Crippen molar-refractivity contribution in [1.29, 1.82) is 0 Å². The van der Waals surface area contributed by atoms with Gasteiger partial charge in [-0.3, -0.25) is 9.63 Å². The first-order valence-corrected chi connectivity index (χ1v) is 9.21. The van der Waals surface area contributed by atoms with Crippen molar-refractivity contribution in [3.05, 3.63) is 35.4 Å². The fourth-order valence-electron chi connectivity index (χ4n) is 3.70. The monoisotopic (exact) mass is 370 g/mol. The molecule has 2 aliphatic heterocycles. The van der Waals surface area contributed by atoms with Gasteiger partial charge in [-0.15, -0.1) is 0 Å². The van der Waals surface area contributed by atoms with Gasteiger partial charge < -0.3 is 4.90 Å². The van der Waals surface area contributed by atoms with E-state index < -0.39 is 11.7 Å². The Kier molecular flexibility index (Phi) is 5.58. The fraction of sp³-hybridized carbons (Fsp3) is 0.632. The molecule has 2 heterocycles. The van der Waals surface area contributed by atoms with Gasteiger partial charge in [0.05, 0.1) is 17.2 Å². The summed E-state index contributed by atoms with van der Waals surface area (Å²) in [5, 5.41) is 0. The van der Waals surface area contributed by atoms with Crippen LogP contribution in [0.5, 0.6) is 0 Å². The maximum atomic E-state index is 12.7. The van der Waals surface area contributed by atoms with Crippen LogP contribution in [0, 0.1) is 0 Å². The number of alkyl halides is 3. The van der Waals surface area contributed by atoms with E-state index in [4.69, 9.17) is 4.84 Å². The average Bonchev–Trinajstić information content (AvgIpc) is 3.03. The molecule has 0 aromatic heterocycles. The Morgan fingerprint density at radius 3 is 2.50 bits per heavy atom. The first kappa shape index (κ1) is 19.2. The second kappa shape index (κ2) is 7.56. The van der Waals surface area contributed by atoms with Crippen LogP contribution in [0.2, 0.25) is 0 Å². The Morgan fingerprint density at radius 2 is 1.92 bits per heavy atom. The van der Waals surface area contributed by atoms with Gasteiger partial charge in [0.1, 0.15) is 0 Å². The van der Waals surface area contributed by atoms with Crippen LogP contribution in [0.4, 0.5) is 13.2 Å². The molecule has 1 spiro atoms. The molecule has 4 nitrogen and oxygen atoms in total. The predicted molar refractivity (Wildman–Crippen MR) is 91.1 cm³/mol. The van der Waals surface area contributed by atoms with Crippen LogP contribution in [0.1, 0.15) is 62.6 Å². The number of likely N-dealkylation sites (tertiary alicyclic amines) is 1. The van der Waals surface area contributed by atoms with Crippen molar-refractivity contribution in [1.82, 2.24) is 10.4 Å². The molecule has 144 valence electrons. The molecule has 1 unspecified atom stereocenters. The molecule has 1 aromatic carbocycles. The molecule has 2 aliphatic rings. The molecule has 1 atom stereocenters. The lowest BCUT2D eigenvalue weighted by Gasteiger charge is -2.37. The van der Waals surface area contributed by atoms with E-state index in [0.717, 1.165) is 43.4 Å². The van der Waals surface area contributed by atoms with Gasteiger partial charge in [-0.05, 0) is 37.0 Å². The standard InChI is InChI=1S/C19H25F3N2O2/c1-2-3-4-17(25)24-11-9-18(10-12-24)13-16(23-26-18)14-5-7-15(8-6-14)19(20,21)22/h5-8,16,23H,2-4,9-13H2,1H3. The first-order valence-electron chi connectivity index (χ1n) is 9.21. The van der Waals surface area contributed by atoms with Crippen LogP contribution in [-0.4, -0.2) is 29.5 Å². The zero-order valence-corrected chi connectivity index (χ0v) is 14.9. The summed E-state index contributed by atoms with van der Waals surface area (Å²) >= 11 is 0. The Labute approximate surface area is 151 Å². The molecule has 0 saturated carbocycles. The molecule has 7 heteroatoms. The molecule has 2 saturated heterocycles. The number of rotatable bonds is 4. The van der Waals surface area contributed by atoms with Crippen molar-refractivity contribution in [2.45, 2.75) is 63.3 Å². The highest BCUT2D eigenvalue weighted by atomic mass is 19.4. The Bertz CT molecular complexity index is 623. The summed E-state index contributed by atoms with van der Waals surface area (Å²) < 4.78 is 38.1. The smallest absolute Gasteiger partial charge is 0.342 e. The number of carbonyl (C=O) groups is 1. The SMILES string of the molecule is CCCCC(=O)N1CCC2(CC1)CC(c1ccc(C(F)(F)F)cc1)NO2. The largest absolute Gasteiger partial charge is 0.416 e. The van der Waals surface area contributed by atoms with E-state index in [1.807, 2.05) is 4.90 Å². The summed E-state index contributed by atoms with van der Waals surface area (Å²) in [5.74, 6) is 0.201. The van der Waals surface area contributed by atoms with Gasteiger partial charge in [0.2, 0.25) is 5.91 Å². The van der Waals surface area contributed by atoms with Crippen molar-refractivity contribution in [2.24, 2.45) is 0 Å². The number of halogens is 3. The first-order chi connectivity index (χ1) is 12.3. The molecule has 26 heavy (non-hydrogen) atoms. The third-order valence-electron chi connectivity index (χ3n) is 5.41. The number of unbranched alkanes of at least 4 members (excludes halogenated alkanes) is 1. The Morgan fingerprint density at radius 1 is 1.27 bits per heavy atom. The lowest BCUT2D eigenvalue weighted by molar-refractivity contribution is -0.139. The second-order valence-electron chi connectivity index (χ2n) is 7.26. The maximum absolute atomic E-state index is 12.7. The third-order valence-corrected chi connectivity index (χ3v) is 5.41. The van der Waals surface area contributed by atoms with Gasteiger partial charge in [-0.2, -0.15) is 18.7 Å². The summed E-state index contributed by atoms with van der Waals surface area (Å²) in [5.41, 5.74) is 2.79. The number of nitrogens with one attached hydrogen (secondary N) is 1. The number of amides is 1. The molecule has 0 radical (unpaired) electrons. The van der Waals surface area contributed by atoms with Crippen LogP contribution in [0.3, 0.4) is 0 Å². The summed E-state index contributed by atoms with van der Waals surface area (Å²) in [4.78, 5) is 19.9. The topological polar surface area (TPSA) is 41.6 Å². The van der Waals surface area contributed by atoms with Crippen molar-refractivity contribution < 1.29 is 22.8 Å². The minimum Gasteiger partial charge on any atom is -0.342 e. The number of piperidine rings is 1. The van der Waals surface area contributed by atoms with Gasteiger partial charge >= 0.3 is 6.18 Å². The molecule has 1 aromatic rings. The molecule has 2 fully saturated rings. The number of benzene rings is 1. The fourth-order valence-corrected chi connectivity index (χ4v) is 3.70. The number of carbonyl (C=O) groups excluding carboxylic acids is 1. The van der Waals surface area contributed by atoms with Crippen molar-refractivity contribution in [3.8, 4) is 0 Å². The lowest BCUT2D eigenvalue weighted by Crippen LogP contribution is -2.46. The highest BCUT2D eigenvalue weighted by Crippen LogP contribution is 2.40. The highest BCUT2D eigenvalue weighted by Gasteiger charge is 2.44. The number of nitrogens with zero attached hydrogens (tertiary/aromatic N) is 1. The van der Waals surface area contributed by atoms with Crippen LogP contribution in [-0.2, 0) is 15.8 Å². The Balaban J connectivity index is 1.56. The zero-order valence-electron chi connectivity index (χ0n) is 14.9. The van der Waals surface area contributed by atoms with Crippen molar-refractivity contribution >= 4 is 5.91 Å². The molecule has 0 aliphatic carbocycles. The van der Waals surface area contributed by atoms with E-state index in [-0.39, 0.29) is 17.6 Å². The highest BCUT2D eigenvalue weighted by molar-refractivity contribution is 5.76. The predicted octanol–water partition coefficient (Wildman–Crippen LogP) is 4.22. The number of hydroxylamine groups is 1. The van der Waals surface area contributed by atoms with E-state index in [2.05, 4.69) is 12.4 Å². The minimum atomic E-state index is -4.32. The Hall–Kier alpha value is -1.60. The van der Waals surface area contributed by atoms with Crippen LogP contribution < -0.4 is 5.48 Å². The van der Waals surface area contributed by atoms with Crippen LogP contribution in [0.15, 0.2) is 24.3 Å². The van der Waals surface area contributed by atoms with Crippen molar-refractivity contribution in [3.63, 3.8) is 0 Å². The normalized spacial score (nSPS) is 22.8. The van der Waals surface area contributed by atoms with Crippen LogP contribution >= 0.6 is 0 Å². The molecular weight excluding hydrogens is 345 g/mol. The van der Waals surface area contributed by atoms with E-state index in [1.165, 1.54) is 12.1 Å². The summed E-state index contributed by atoms with van der Waals surface area (Å²) in [6.45, 7) is 3.41. The van der Waals surface area contributed by atoms with E-state index in [1.54, 1.807) is 0 Å². The zero-order chi connectivity index (χ0) is 18.8. The van der Waals surface area contributed by atoms with E-state index in [0.29, 0.717) is 25.9 Å². The third kappa shape index (κ3) is 4.20. The van der Waals surface area contributed by atoms with E-state index >= 15 is 0 Å². The van der Waals surface area contributed by atoms with Crippen LogP contribution in [0.25, 0.3) is 0 Å². The molecule has 3 rings (SSSR count). The lowest BCUT2D eigenvalue weighted by atomic mass is 9.84.